The Kier molecular flexibility index (Phi) is 4.24. The minimum absolute atomic E-state index is 0. The van der Waals surface area contributed by atoms with E-state index in [1.165, 1.54) is 0 Å². The van der Waals surface area contributed by atoms with Gasteiger partial charge in [0.2, 0.25) is 0 Å². The Balaban J connectivity index is 0.00000144. The molecule has 2 aliphatic carbocycles. The van der Waals surface area contributed by atoms with Gasteiger partial charge in [-0.3, -0.25) is 0 Å². The Bertz CT molecular complexity index is 551. The summed E-state index contributed by atoms with van der Waals surface area (Å²) in [5.41, 5.74) is 0. The standard InChI is InChI=1S/2C5H5.4CH3.2BrH.Hf.H2Si/c2*1-2-4-5-3-1;;;;;;;;/h2*1-3H,4H2;4*1H3;2*1H;;1H2. The van der Waals surface area contributed by atoms with Gasteiger partial charge >= 0.3 is 95.8 Å². The van der Waals surface area contributed by atoms with Gasteiger partial charge in [0.15, 0.2) is 0 Å². The summed E-state index contributed by atoms with van der Waals surface area (Å²) in [4.78, 5) is 0. The predicted molar refractivity (Wildman–Crippen MR) is 96.3 cm³/mol. The van der Waals surface area contributed by atoms with Crippen molar-refractivity contribution in [1.82, 2.24) is 0 Å². The van der Waals surface area contributed by atoms with Crippen LogP contribution in [0.4, 0.5) is 0 Å². The van der Waals surface area contributed by atoms with Crippen LogP contribution >= 0.6 is 34.0 Å². The van der Waals surface area contributed by atoms with Crippen molar-refractivity contribution in [1.29, 1.82) is 0 Å². The van der Waals surface area contributed by atoms with E-state index in [0.717, 1.165) is 12.8 Å². The average Bonchev–Trinajstić information content (AvgIpc) is 2.76. The first-order chi connectivity index (χ1) is 6.96. The average molecular weight is 561 g/mol. The van der Waals surface area contributed by atoms with Crippen molar-refractivity contribution in [2.75, 3.05) is 0 Å². The predicted octanol–water partition coefficient (Wildman–Crippen LogP) is 5.33. The zero-order valence-electron chi connectivity index (χ0n) is 11.9. The van der Waals surface area contributed by atoms with Crippen LogP contribution in [0.2, 0.25) is 18.7 Å². The van der Waals surface area contributed by atoms with E-state index in [2.05, 4.69) is 62.1 Å². The number of allylic oxidation sites excluding steroid dienone is 8. The number of hydrogen-bond donors (Lipinski definition) is 0. The number of halogens is 2. The fraction of sp³-hybridized carbons (Fsp3) is 0.429. The van der Waals surface area contributed by atoms with E-state index < -0.39 is 14.2 Å². The second-order valence-corrected chi connectivity index (χ2v) is 92.6. The van der Waals surface area contributed by atoms with Crippen LogP contribution in [-0.4, -0.2) is 6.94 Å². The van der Waals surface area contributed by atoms with Crippen LogP contribution in [0.3, 0.4) is 0 Å². The fourth-order valence-corrected chi connectivity index (χ4v) is 24.2. The van der Waals surface area contributed by atoms with E-state index in [0.29, 0.717) is 0 Å². The summed E-state index contributed by atoms with van der Waals surface area (Å²) in [5, 5.41) is 0. The Hall–Kier alpha value is 1.01. The van der Waals surface area contributed by atoms with Crippen molar-refractivity contribution in [3.8, 4) is 0 Å². The van der Waals surface area contributed by atoms with E-state index in [-0.39, 0.29) is 34.0 Å². The quantitative estimate of drug-likeness (QED) is 0.401. The van der Waals surface area contributed by atoms with E-state index in [4.69, 9.17) is 0 Å². The molecule has 0 N–H and O–H groups in total. The monoisotopic (exact) mass is 560 g/mol. The third kappa shape index (κ3) is 2.86. The number of hydrogen-bond acceptors (Lipinski definition) is 0. The summed E-state index contributed by atoms with van der Waals surface area (Å²) in [5.74, 6) is 0. The van der Waals surface area contributed by atoms with Crippen molar-refractivity contribution in [3.05, 3.63) is 43.1 Å². The molecule has 0 atom stereocenters. The second kappa shape index (κ2) is 4.02. The van der Waals surface area contributed by atoms with E-state index in [1.807, 2.05) is 0 Å². The van der Waals surface area contributed by atoms with Crippen LogP contribution in [-0.2, 0) is 14.2 Å². The zero-order valence-corrected chi connectivity index (χ0v) is 20.3. The molecule has 0 saturated heterocycles. The van der Waals surface area contributed by atoms with Crippen LogP contribution in [0.25, 0.3) is 0 Å². The van der Waals surface area contributed by atoms with Gasteiger partial charge in [0, 0.05) is 0 Å². The summed E-state index contributed by atoms with van der Waals surface area (Å²) >= 11 is -3.87. The zero-order chi connectivity index (χ0) is 12.2. The van der Waals surface area contributed by atoms with Gasteiger partial charge < -0.3 is 0 Å². The van der Waals surface area contributed by atoms with Gasteiger partial charge in [-0.25, -0.2) is 0 Å². The van der Waals surface area contributed by atoms with Gasteiger partial charge in [-0.1, -0.05) is 0 Å². The first kappa shape index (κ1) is 19.0. The van der Waals surface area contributed by atoms with E-state index in [1.54, 1.807) is 6.66 Å². The Labute approximate surface area is 128 Å². The van der Waals surface area contributed by atoms with E-state index >= 15 is 0 Å². The first-order valence-corrected chi connectivity index (χ1v) is 32.6. The summed E-state index contributed by atoms with van der Waals surface area (Å²) in [6, 6.07) is 0. The van der Waals surface area contributed by atoms with Crippen molar-refractivity contribution < 1.29 is 14.2 Å². The molecule has 0 fully saturated rings. The fourth-order valence-electron chi connectivity index (χ4n) is 3.03. The third-order valence-corrected chi connectivity index (χ3v) is 39.0. The molecular formula is C14H26Br2HfSi. The molecule has 0 nitrogen and oxygen atoms in total. The van der Waals surface area contributed by atoms with Gasteiger partial charge in [0.1, 0.15) is 0 Å². The van der Waals surface area contributed by atoms with Crippen molar-refractivity contribution in [2.24, 2.45) is 0 Å². The summed E-state index contributed by atoms with van der Waals surface area (Å²) in [6.45, 7) is 2.33. The molecule has 0 heterocycles. The molecule has 0 radical (unpaired) electrons. The maximum atomic E-state index is 2.60. The molecule has 0 aromatic rings. The molecule has 0 unspecified atom stereocenters. The normalized spacial score (nSPS) is 23.7. The van der Waals surface area contributed by atoms with Crippen molar-refractivity contribution in [2.45, 2.75) is 31.6 Å². The summed E-state index contributed by atoms with van der Waals surface area (Å²) in [7, 11) is 0. The molecule has 18 heavy (non-hydrogen) atoms. The van der Waals surface area contributed by atoms with Gasteiger partial charge in [0.25, 0.3) is 0 Å². The molecule has 4 heteroatoms. The van der Waals surface area contributed by atoms with Crippen LogP contribution in [0, 0.1) is 0 Å². The van der Waals surface area contributed by atoms with Crippen molar-refractivity contribution >= 4 is 40.9 Å². The molecule has 104 valence electrons. The van der Waals surface area contributed by atoms with Crippen LogP contribution in [0.1, 0.15) is 12.8 Å². The molecule has 0 bridgehead atoms. The van der Waals surface area contributed by atoms with Crippen LogP contribution in [0.5, 0.6) is 0 Å². The van der Waals surface area contributed by atoms with E-state index in [9.17, 15) is 0 Å². The summed E-state index contributed by atoms with van der Waals surface area (Å²) in [6.07, 6.45) is 16.2. The Morgan fingerprint density at radius 2 is 1.17 bits per heavy atom. The number of rotatable bonds is 2. The molecule has 0 aromatic heterocycles. The minimum atomic E-state index is -3.87. The molecule has 2 aliphatic rings. The molecule has 2 rings (SSSR count). The van der Waals surface area contributed by atoms with Crippen molar-refractivity contribution in [3.63, 3.8) is 0 Å². The van der Waals surface area contributed by atoms with Gasteiger partial charge in [0.05, 0.1) is 0 Å². The van der Waals surface area contributed by atoms with Gasteiger partial charge in [-0.15, -0.1) is 34.0 Å². The van der Waals surface area contributed by atoms with Gasteiger partial charge in [-0.2, -0.15) is 0 Å². The first-order valence-electron chi connectivity index (χ1n) is 6.29. The topological polar surface area (TPSA) is 0 Å². The molecule has 0 saturated carbocycles. The van der Waals surface area contributed by atoms with Crippen LogP contribution in [0.15, 0.2) is 43.1 Å². The van der Waals surface area contributed by atoms with Crippen LogP contribution < -0.4 is 0 Å². The molecular weight excluding hydrogens is 535 g/mol. The summed E-state index contributed by atoms with van der Waals surface area (Å²) < 4.78 is 13.8. The Morgan fingerprint density at radius 3 is 1.39 bits per heavy atom. The molecule has 0 amide bonds. The Morgan fingerprint density at radius 1 is 0.833 bits per heavy atom. The maximum absolute atomic E-state index is 3.87. The molecule has 0 aliphatic heterocycles. The molecule has 0 spiro atoms. The third-order valence-electron chi connectivity index (χ3n) is 4.89. The van der Waals surface area contributed by atoms with Gasteiger partial charge in [-0.05, 0) is 0 Å². The molecule has 0 aromatic carbocycles. The second-order valence-electron chi connectivity index (χ2n) is 9.54. The SMILES string of the molecule is Br.Br.[CH3][Hf]([CH3])([CH3])([CH3])(=[SiH2])([C]1=CC=CC1)[C]1=CC=CC1.